The minimum Gasteiger partial charge on any atom is -0.480 e. The van der Waals surface area contributed by atoms with Crippen molar-refractivity contribution in [3.63, 3.8) is 0 Å². The number of aliphatic carboxylic acids is 2. The van der Waals surface area contributed by atoms with E-state index < -0.39 is 47.2 Å². The molecule has 10 nitrogen and oxygen atoms in total. The van der Waals surface area contributed by atoms with Crippen LogP contribution in [-0.4, -0.2) is 54.2 Å². The summed E-state index contributed by atoms with van der Waals surface area (Å²) in [5.74, 6) is -3.41. The lowest BCUT2D eigenvalue weighted by Gasteiger charge is -2.00. The van der Waals surface area contributed by atoms with Crippen LogP contribution in [0.2, 0.25) is 0 Å². The monoisotopic (exact) mass is 326 g/mol. The van der Waals surface area contributed by atoms with Gasteiger partial charge >= 0.3 is 23.5 Å². The number of nitrogens with two attached hydrogens (primary N) is 2. The second-order valence-corrected chi connectivity index (χ2v) is 3.48. The number of ketones is 2. The van der Waals surface area contributed by atoms with E-state index in [1.165, 1.54) is 0 Å². The number of carbonyl (C=O) groups excluding carboxylic acids is 2. The Bertz CT molecular complexity index is 374. The minimum atomic E-state index is -1.34. The molecule has 0 aliphatic carbocycles. The van der Waals surface area contributed by atoms with Gasteiger partial charge in [0.05, 0.1) is 0 Å². The van der Waals surface area contributed by atoms with Crippen molar-refractivity contribution >= 4 is 35.1 Å². The fourth-order valence-electron chi connectivity index (χ4n) is 0.715. The summed E-state index contributed by atoms with van der Waals surface area (Å²) in [6.07, 6.45) is 0.348. The van der Waals surface area contributed by atoms with Gasteiger partial charge in [-0.1, -0.05) is 13.8 Å². The number of Topliss-reactive ketones (excluding diaryl/α,β-unsaturated/α-hetero) is 2. The molecule has 0 aromatic heterocycles. The minimum absolute atomic E-state index is 0.174. The van der Waals surface area contributed by atoms with Crippen molar-refractivity contribution in [1.82, 2.24) is 0 Å². The van der Waals surface area contributed by atoms with Crippen molar-refractivity contribution in [3.8, 4) is 0 Å². The van der Waals surface area contributed by atoms with Crippen molar-refractivity contribution in [1.29, 1.82) is 0 Å². The van der Waals surface area contributed by atoms with Crippen molar-refractivity contribution in [2.24, 2.45) is 11.5 Å². The Balaban J connectivity index is -0.000000260. The van der Waals surface area contributed by atoms with Crippen LogP contribution in [0.4, 0.5) is 0 Å². The van der Waals surface area contributed by atoms with Gasteiger partial charge in [-0.05, 0) is 0 Å². The van der Waals surface area contributed by atoms with Crippen LogP contribution in [-0.2, 0) is 30.7 Å². The lowest BCUT2D eigenvalue weighted by atomic mass is 10.2. The van der Waals surface area contributed by atoms with Crippen LogP contribution in [0.5, 0.6) is 0 Å². The first-order valence-corrected chi connectivity index (χ1v) is 6.21. The summed E-state index contributed by atoms with van der Waals surface area (Å²) in [4.78, 5) is 40.8. The van der Waals surface area contributed by atoms with Gasteiger partial charge in [-0.15, -0.1) is 0 Å². The lowest BCUT2D eigenvalue weighted by Crippen LogP contribution is -2.37. The fraction of sp³-hybridized carbons (Fsp3) is 0.600. The molecule has 0 bridgehead atoms. The summed E-state index contributed by atoms with van der Waals surface area (Å²) >= 11 is -0.750. The van der Waals surface area contributed by atoms with Crippen molar-refractivity contribution in [3.05, 3.63) is 0 Å². The quantitative estimate of drug-likeness (QED) is 0.399. The largest absolute Gasteiger partial charge is 0.480 e. The first-order valence-electron chi connectivity index (χ1n) is 5.54. The highest BCUT2D eigenvalue weighted by atomic mass is 32.1. The Morgan fingerprint density at radius 1 is 0.857 bits per heavy atom. The molecule has 0 fully saturated rings. The smallest absolute Gasteiger partial charge is 0.335 e. The average Bonchev–Trinajstić information content (AvgIpc) is 2.45. The third kappa shape index (κ3) is 14.2. The number of carboxylic acid groups (broad SMARTS) is 2. The number of hydrogen-bond acceptors (Lipinski definition) is 8. The molecule has 0 rings (SSSR count). The third-order valence-corrected chi connectivity index (χ3v) is 1.92. The molecule has 0 aromatic carbocycles. The number of rotatable bonds is 6. The molecule has 0 aliphatic heterocycles. The van der Waals surface area contributed by atoms with Gasteiger partial charge in [0.1, 0.15) is 0 Å². The third-order valence-electron chi connectivity index (χ3n) is 1.92. The van der Waals surface area contributed by atoms with Gasteiger partial charge in [0.15, 0.2) is 23.7 Å². The fourth-order valence-corrected chi connectivity index (χ4v) is 0.715. The molecule has 2 unspecified atom stereocenters. The second kappa shape index (κ2) is 14.4. The molecule has 0 saturated carbocycles. The maximum absolute atomic E-state index is 10.4. The van der Waals surface area contributed by atoms with E-state index in [0.717, 1.165) is 0 Å². The maximum Gasteiger partial charge on any atom is 0.335 e. The Hall–Kier alpha value is -1.98. The highest BCUT2D eigenvalue weighted by Crippen LogP contribution is 1.87. The molecule has 0 heterocycles. The van der Waals surface area contributed by atoms with E-state index in [2.05, 4.69) is 0 Å². The molecule has 0 saturated heterocycles. The molecule has 2 atom stereocenters. The molecule has 21 heavy (non-hydrogen) atoms. The van der Waals surface area contributed by atoms with E-state index in [9.17, 15) is 19.2 Å². The summed E-state index contributed by atoms with van der Waals surface area (Å²) in [7, 11) is 0. The van der Waals surface area contributed by atoms with E-state index in [-0.39, 0.29) is 12.8 Å². The highest BCUT2D eigenvalue weighted by Gasteiger charge is 2.18. The van der Waals surface area contributed by atoms with Crippen LogP contribution in [0.15, 0.2) is 0 Å². The number of carboxylic acids is 2. The van der Waals surface area contributed by atoms with Gasteiger partial charge in [-0.25, -0.2) is 0 Å². The SMILES string of the molecule is CCC(=O)C(N)C(=O)O.CCC(=O)C(N)C(=O)O.O=S=O. The molecular formula is C10H18N2O8S. The van der Waals surface area contributed by atoms with E-state index in [0.29, 0.717) is 0 Å². The van der Waals surface area contributed by atoms with Gasteiger partial charge in [-0.3, -0.25) is 19.2 Å². The summed E-state index contributed by atoms with van der Waals surface area (Å²) in [6.45, 7) is 3.15. The summed E-state index contributed by atoms with van der Waals surface area (Å²) in [5.41, 5.74) is 9.84. The van der Waals surface area contributed by atoms with Crippen LogP contribution < -0.4 is 11.5 Å². The Labute approximate surface area is 124 Å². The zero-order chi connectivity index (χ0) is 17.6. The van der Waals surface area contributed by atoms with Crippen LogP contribution in [0.3, 0.4) is 0 Å². The normalized spacial score (nSPS) is 11.4. The van der Waals surface area contributed by atoms with Crippen molar-refractivity contribution in [2.75, 3.05) is 0 Å². The predicted octanol–water partition coefficient (Wildman–Crippen LogP) is -1.92. The number of hydrogen-bond donors (Lipinski definition) is 4. The molecule has 0 aromatic rings. The van der Waals surface area contributed by atoms with Crippen molar-refractivity contribution in [2.45, 2.75) is 38.8 Å². The van der Waals surface area contributed by atoms with Crippen LogP contribution >= 0.6 is 0 Å². The van der Waals surface area contributed by atoms with Gasteiger partial charge in [0.2, 0.25) is 0 Å². The van der Waals surface area contributed by atoms with Crippen LogP contribution in [0.1, 0.15) is 26.7 Å². The molecule has 122 valence electrons. The maximum atomic E-state index is 10.4. The predicted molar refractivity (Wildman–Crippen MR) is 70.7 cm³/mol. The van der Waals surface area contributed by atoms with Crippen LogP contribution in [0, 0.1) is 0 Å². The lowest BCUT2D eigenvalue weighted by molar-refractivity contribution is -0.143. The average molecular weight is 326 g/mol. The van der Waals surface area contributed by atoms with Gasteiger partial charge < -0.3 is 21.7 Å². The van der Waals surface area contributed by atoms with E-state index in [4.69, 9.17) is 30.1 Å². The zero-order valence-electron chi connectivity index (χ0n) is 11.5. The Morgan fingerprint density at radius 2 is 1.05 bits per heavy atom. The molecule has 11 heteroatoms. The highest BCUT2D eigenvalue weighted by molar-refractivity contribution is 7.51. The molecule has 0 spiro atoms. The molecule has 6 N–H and O–H groups in total. The Morgan fingerprint density at radius 3 is 1.10 bits per heavy atom. The summed E-state index contributed by atoms with van der Waals surface area (Å²) in [5, 5.41) is 16.3. The molecule has 0 radical (unpaired) electrons. The summed E-state index contributed by atoms with van der Waals surface area (Å²) in [6, 6.07) is -2.68. The number of carbonyl (C=O) groups is 4. The van der Waals surface area contributed by atoms with E-state index >= 15 is 0 Å². The van der Waals surface area contributed by atoms with Gasteiger partial charge in [-0.2, -0.15) is 8.42 Å². The van der Waals surface area contributed by atoms with Gasteiger partial charge in [0.25, 0.3) is 0 Å². The first-order chi connectivity index (χ1) is 9.60. The second-order valence-electron chi connectivity index (χ2n) is 3.34. The van der Waals surface area contributed by atoms with Gasteiger partial charge in [0, 0.05) is 12.8 Å². The van der Waals surface area contributed by atoms with Crippen LogP contribution in [0.25, 0.3) is 0 Å². The summed E-state index contributed by atoms with van der Waals surface area (Å²) < 4.78 is 16.6. The molecule has 0 aliphatic rings. The standard InChI is InChI=1S/2C5H9NO3.O2S/c2*1-2-3(7)4(6)5(8)9;1-3-2/h2*4H,2,6H2,1H3,(H,8,9);. The molecule has 0 amide bonds. The van der Waals surface area contributed by atoms with Crippen molar-refractivity contribution < 1.29 is 37.8 Å². The first kappa shape index (κ1) is 24.1. The Kier molecular flexibility index (Phi) is 16.5. The van der Waals surface area contributed by atoms with E-state index in [1.54, 1.807) is 13.8 Å². The zero-order valence-corrected chi connectivity index (χ0v) is 12.3. The topological polar surface area (TPSA) is 195 Å². The molecular weight excluding hydrogens is 308 g/mol. The van der Waals surface area contributed by atoms with E-state index in [1.807, 2.05) is 0 Å².